The van der Waals surface area contributed by atoms with Crippen molar-refractivity contribution in [2.24, 2.45) is 0 Å². The Morgan fingerprint density at radius 2 is 2.50 bits per heavy atom. The number of amides is 1. The van der Waals surface area contributed by atoms with Gasteiger partial charge >= 0.3 is 18.2 Å². The third kappa shape index (κ3) is 5.16. The Kier molecular flexibility index (Phi) is 4.38. The summed E-state index contributed by atoms with van der Waals surface area (Å²) in [6.07, 6.45) is -0.802. The highest BCUT2D eigenvalue weighted by atomic mass is 32.2. The van der Waals surface area contributed by atoms with Crippen LogP contribution < -0.4 is 4.72 Å². The maximum atomic E-state index is 10.3. The fourth-order valence-corrected chi connectivity index (χ4v) is 0.443. The molecule has 0 heterocycles. The molecule has 0 spiro atoms. The largest absolute Gasteiger partial charge is 0.449 e. The van der Waals surface area contributed by atoms with E-state index in [1.165, 1.54) is 0 Å². The summed E-state index contributed by atoms with van der Waals surface area (Å²) in [6, 6.07) is 0. The van der Waals surface area contributed by atoms with Crippen LogP contribution >= 0.6 is 12.1 Å². The quantitative estimate of drug-likeness (QED) is 0.376. The zero-order valence-corrected chi connectivity index (χ0v) is 6.01. The highest BCUT2D eigenvalue weighted by Crippen LogP contribution is 1.92. The lowest BCUT2D eigenvalue weighted by Gasteiger charge is -1.96. The van der Waals surface area contributed by atoms with Crippen LogP contribution in [0.15, 0.2) is 0 Å². The van der Waals surface area contributed by atoms with Gasteiger partial charge in [-0.2, -0.15) is 0 Å². The second-order valence-corrected chi connectivity index (χ2v) is 1.82. The van der Waals surface area contributed by atoms with Crippen molar-refractivity contribution in [2.75, 3.05) is 6.61 Å². The molecule has 0 saturated carbocycles. The first-order chi connectivity index (χ1) is 4.66. The van der Waals surface area contributed by atoms with Gasteiger partial charge in [0, 0.05) is 0 Å². The van der Waals surface area contributed by atoms with Crippen LogP contribution in [-0.4, -0.2) is 17.0 Å². The van der Waals surface area contributed by atoms with E-state index >= 15 is 0 Å². The molecule has 0 atom stereocenters. The molecule has 0 aromatic rings. The molecule has 0 aliphatic rings. The molecule has 58 valence electrons. The zero-order valence-electron chi connectivity index (χ0n) is 5.20. The van der Waals surface area contributed by atoms with E-state index in [0.29, 0.717) is 0 Å². The highest BCUT2D eigenvalue weighted by Gasteiger charge is 2.06. The summed E-state index contributed by atoms with van der Waals surface area (Å²) in [7, 11) is 0. The first kappa shape index (κ1) is 9.02. The number of ether oxygens (including phenoxy) is 1. The molecular weight excluding hydrogens is 160 g/mol. The van der Waals surface area contributed by atoms with E-state index in [4.69, 9.17) is 0 Å². The number of hydrogen-bond donors (Lipinski definition) is 1. The van der Waals surface area contributed by atoms with Crippen molar-refractivity contribution in [3.8, 4) is 0 Å². The molecule has 6 nitrogen and oxygen atoms in total. The summed E-state index contributed by atoms with van der Waals surface area (Å²) in [6.45, 7) is 1.81. The number of carbonyl (C=O) groups excluding carboxylic acids is 1. The summed E-state index contributed by atoms with van der Waals surface area (Å²) >= 11 is 0.0770. The molecule has 7 heteroatoms. The molecule has 0 aromatic heterocycles. The minimum absolute atomic E-state index is 0.0770. The van der Waals surface area contributed by atoms with Gasteiger partial charge in [0.05, 0.1) is 6.61 Å². The number of nitro groups is 1. The van der Waals surface area contributed by atoms with Crippen LogP contribution in [0, 0.1) is 10.1 Å². The number of hydrogen-bond acceptors (Lipinski definition) is 5. The molecule has 1 amide bonds. The minimum Gasteiger partial charge on any atom is -0.449 e. The lowest BCUT2D eigenvalue weighted by molar-refractivity contribution is -0.285. The molecule has 1 N–H and O–H groups in total. The van der Waals surface area contributed by atoms with Gasteiger partial charge in [0.2, 0.25) is 0 Å². The topological polar surface area (TPSA) is 81.5 Å². The summed E-state index contributed by atoms with van der Waals surface area (Å²) in [4.78, 5) is 19.9. The molecule has 0 aliphatic carbocycles. The van der Waals surface area contributed by atoms with Crippen LogP contribution in [0.25, 0.3) is 0 Å². The SMILES string of the molecule is CCOC(=O)NS[N+](=O)[O-]. The number of nitrogens with zero attached hydrogens (tertiary/aromatic N) is 1. The molecule has 0 unspecified atom stereocenters. The van der Waals surface area contributed by atoms with E-state index in [1.54, 1.807) is 6.92 Å². The lowest BCUT2D eigenvalue weighted by atomic mass is 10.9. The normalized spacial score (nSPS) is 8.50. The molecule has 0 radical (unpaired) electrons. The van der Waals surface area contributed by atoms with Crippen LogP contribution in [0.3, 0.4) is 0 Å². The third-order valence-corrected chi connectivity index (χ3v) is 0.886. The van der Waals surface area contributed by atoms with Gasteiger partial charge in [-0.25, -0.2) is 19.6 Å². The first-order valence-corrected chi connectivity index (χ1v) is 3.18. The standard InChI is InChI=1S/C3H6N2O4S/c1-2-9-3(6)4-10-5(7)8/h2H2,1H3,(H,4,6). The second-order valence-electron chi connectivity index (χ2n) is 1.14. The van der Waals surface area contributed by atoms with Gasteiger partial charge in [0.15, 0.2) is 0 Å². The van der Waals surface area contributed by atoms with E-state index in [0.717, 1.165) is 0 Å². The lowest BCUT2D eigenvalue weighted by Crippen LogP contribution is -2.18. The van der Waals surface area contributed by atoms with Gasteiger partial charge in [0.25, 0.3) is 0 Å². The van der Waals surface area contributed by atoms with Crippen molar-refractivity contribution in [2.45, 2.75) is 6.92 Å². The molecule has 0 bridgehead atoms. The van der Waals surface area contributed by atoms with Gasteiger partial charge in [-0.1, -0.05) is 0 Å². The Hall–Kier alpha value is -0.980. The van der Waals surface area contributed by atoms with Gasteiger partial charge in [-0.3, -0.25) is 0 Å². The fraction of sp³-hybridized carbons (Fsp3) is 0.667. The zero-order chi connectivity index (χ0) is 7.98. The van der Waals surface area contributed by atoms with Crippen molar-refractivity contribution in [3.05, 3.63) is 10.1 Å². The van der Waals surface area contributed by atoms with Crippen molar-refractivity contribution in [3.63, 3.8) is 0 Å². The Morgan fingerprint density at radius 3 is 2.90 bits per heavy atom. The second kappa shape index (κ2) is 4.86. The van der Waals surface area contributed by atoms with Crippen LogP contribution in [0.2, 0.25) is 0 Å². The van der Waals surface area contributed by atoms with Crippen LogP contribution in [-0.2, 0) is 4.74 Å². The highest BCUT2D eigenvalue weighted by molar-refractivity contribution is 7.91. The van der Waals surface area contributed by atoms with E-state index in [1.807, 2.05) is 4.72 Å². The molecule has 0 rings (SSSR count). The monoisotopic (exact) mass is 166 g/mol. The average molecular weight is 166 g/mol. The van der Waals surface area contributed by atoms with E-state index in [9.17, 15) is 14.9 Å². The van der Waals surface area contributed by atoms with E-state index in [-0.39, 0.29) is 18.7 Å². The Morgan fingerprint density at radius 1 is 1.90 bits per heavy atom. The van der Waals surface area contributed by atoms with Gasteiger partial charge < -0.3 is 4.74 Å². The molecule has 10 heavy (non-hydrogen) atoms. The molecule has 0 saturated heterocycles. The number of carbonyl (C=O) groups is 1. The smallest absolute Gasteiger partial charge is 0.421 e. The Bertz CT molecular complexity index is 138. The van der Waals surface area contributed by atoms with E-state index in [2.05, 4.69) is 4.74 Å². The van der Waals surface area contributed by atoms with Gasteiger partial charge in [-0.05, 0) is 6.92 Å². The van der Waals surface area contributed by atoms with Crippen molar-refractivity contribution >= 4 is 18.2 Å². The molecular formula is C3H6N2O4S. The van der Waals surface area contributed by atoms with E-state index < -0.39 is 10.4 Å². The summed E-state index contributed by atoms with van der Waals surface area (Å²) in [5.74, 6) is 0. The van der Waals surface area contributed by atoms with Crippen molar-refractivity contribution in [1.29, 1.82) is 0 Å². The first-order valence-electron chi connectivity index (χ1n) is 2.41. The maximum absolute atomic E-state index is 10.3. The Labute approximate surface area is 61.3 Å². The number of nitrogens with one attached hydrogen (secondary N) is 1. The summed E-state index contributed by atoms with van der Waals surface area (Å²) in [5.41, 5.74) is 0. The van der Waals surface area contributed by atoms with Crippen molar-refractivity contribution in [1.82, 2.24) is 4.72 Å². The average Bonchev–Trinajstić information content (AvgIpc) is 1.85. The minimum atomic E-state index is -0.802. The Balaban J connectivity index is 3.30. The fourth-order valence-electron chi connectivity index (χ4n) is 0.235. The molecule has 0 fully saturated rings. The third-order valence-electron chi connectivity index (χ3n) is 0.479. The molecule has 0 aliphatic heterocycles. The van der Waals surface area contributed by atoms with Crippen molar-refractivity contribution < 1.29 is 13.9 Å². The summed E-state index contributed by atoms with van der Waals surface area (Å²) < 4.78 is 5.42. The number of rotatable bonds is 3. The van der Waals surface area contributed by atoms with Gasteiger partial charge in [-0.15, -0.1) is 0 Å². The van der Waals surface area contributed by atoms with Crippen LogP contribution in [0.1, 0.15) is 6.92 Å². The summed E-state index contributed by atoms with van der Waals surface area (Å²) in [5, 5.41) is 9.61. The van der Waals surface area contributed by atoms with Crippen LogP contribution in [0.4, 0.5) is 4.79 Å². The predicted octanol–water partition coefficient (Wildman–Crippen LogP) is 0.572. The van der Waals surface area contributed by atoms with Gasteiger partial charge in [0.1, 0.15) is 4.33 Å². The maximum Gasteiger partial charge on any atom is 0.421 e. The van der Waals surface area contributed by atoms with Crippen LogP contribution in [0.5, 0.6) is 0 Å². The predicted molar refractivity (Wildman–Crippen MR) is 34.7 cm³/mol. The molecule has 0 aromatic carbocycles.